The van der Waals surface area contributed by atoms with Crippen molar-refractivity contribution in [2.45, 2.75) is 39.5 Å². The molecule has 0 amide bonds. The second-order valence-electron chi connectivity index (χ2n) is 8.83. The molecule has 1 heteroatoms. The molecule has 0 fully saturated rings. The zero-order valence-electron chi connectivity index (χ0n) is 18.9. The Bertz CT molecular complexity index is 1010. The van der Waals surface area contributed by atoms with Gasteiger partial charge in [0.2, 0.25) is 0 Å². The molecule has 4 rings (SSSR count). The third kappa shape index (κ3) is 5.06. The van der Waals surface area contributed by atoms with E-state index in [-0.39, 0.29) is 0 Å². The molecular weight excluding hydrogens is 374 g/mol. The molecule has 4 aromatic carbocycles. The van der Waals surface area contributed by atoms with Gasteiger partial charge in [-0.05, 0) is 69.5 Å². The lowest BCUT2D eigenvalue weighted by molar-refractivity contribution is 0.867. The Labute approximate surface area is 186 Å². The van der Waals surface area contributed by atoms with Crippen molar-refractivity contribution in [2.24, 2.45) is 0 Å². The van der Waals surface area contributed by atoms with Crippen LogP contribution < -0.4 is 5.32 Å². The van der Waals surface area contributed by atoms with Crippen LogP contribution in [0.15, 0.2) is 97.1 Å². The average Bonchev–Trinajstić information content (AvgIpc) is 2.80. The maximum atomic E-state index is 3.51. The third-order valence-electron chi connectivity index (χ3n) is 5.88. The van der Waals surface area contributed by atoms with E-state index in [1.54, 1.807) is 0 Å². The molecule has 0 unspecified atom stereocenters. The van der Waals surface area contributed by atoms with Gasteiger partial charge in [-0.3, -0.25) is 0 Å². The van der Waals surface area contributed by atoms with Gasteiger partial charge in [0.05, 0.1) is 0 Å². The van der Waals surface area contributed by atoms with E-state index in [2.05, 4.69) is 130 Å². The third-order valence-corrected chi connectivity index (χ3v) is 5.88. The normalized spacial score (nSPS) is 11.2. The van der Waals surface area contributed by atoms with Gasteiger partial charge in [-0.1, -0.05) is 100 Å². The first-order valence-corrected chi connectivity index (χ1v) is 11.2. The van der Waals surface area contributed by atoms with Gasteiger partial charge in [0.15, 0.2) is 0 Å². The van der Waals surface area contributed by atoms with Crippen LogP contribution >= 0.6 is 0 Å². The highest BCUT2D eigenvalue weighted by Crippen LogP contribution is 2.27. The second-order valence-corrected chi connectivity index (χ2v) is 8.83. The quantitative estimate of drug-likeness (QED) is 0.337. The summed E-state index contributed by atoms with van der Waals surface area (Å²) in [6.07, 6.45) is 0. The first-order chi connectivity index (χ1) is 15.0. The molecule has 0 aliphatic heterocycles. The average molecular weight is 406 g/mol. The van der Waals surface area contributed by atoms with Crippen LogP contribution in [0.25, 0.3) is 22.3 Å². The molecule has 0 radical (unpaired) electrons. The van der Waals surface area contributed by atoms with Gasteiger partial charge in [0.25, 0.3) is 0 Å². The summed E-state index contributed by atoms with van der Waals surface area (Å²) in [4.78, 5) is 0. The predicted octanol–water partition coefficient (Wildman–Crippen LogP) is 9.01. The highest BCUT2D eigenvalue weighted by Gasteiger charge is 2.04. The first kappa shape index (κ1) is 20.9. The molecule has 1 nitrogen and oxygen atoms in total. The van der Waals surface area contributed by atoms with Gasteiger partial charge in [-0.2, -0.15) is 0 Å². The zero-order chi connectivity index (χ0) is 21.8. The van der Waals surface area contributed by atoms with Crippen LogP contribution in [0, 0.1) is 0 Å². The van der Waals surface area contributed by atoms with Crippen LogP contribution in [0.1, 0.15) is 50.7 Å². The minimum absolute atomic E-state index is 0.561. The van der Waals surface area contributed by atoms with E-state index in [1.165, 1.54) is 33.4 Å². The van der Waals surface area contributed by atoms with E-state index in [0.717, 1.165) is 11.4 Å². The highest BCUT2D eigenvalue weighted by atomic mass is 14.9. The Balaban J connectivity index is 1.43. The summed E-state index contributed by atoms with van der Waals surface area (Å²) in [5.74, 6) is 1.12. The Hall–Kier alpha value is -3.32. The van der Waals surface area contributed by atoms with Crippen LogP contribution in [-0.2, 0) is 0 Å². The lowest BCUT2D eigenvalue weighted by Crippen LogP contribution is -1.91. The Morgan fingerprint density at radius 3 is 0.903 bits per heavy atom. The topological polar surface area (TPSA) is 12.0 Å². The van der Waals surface area contributed by atoms with Crippen molar-refractivity contribution in [2.75, 3.05) is 5.32 Å². The van der Waals surface area contributed by atoms with Crippen molar-refractivity contribution >= 4 is 11.4 Å². The molecule has 1 N–H and O–H groups in total. The van der Waals surface area contributed by atoms with Crippen molar-refractivity contribution in [3.05, 3.63) is 108 Å². The van der Waals surface area contributed by atoms with Crippen molar-refractivity contribution in [1.82, 2.24) is 0 Å². The standard InChI is InChI=1S/C30H31N/c1-21(2)23-5-9-25(10-6-23)27-13-17-29(18-14-27)31-30-19-15-28(16-20-30)26-11-7-24(8-12-26)22(3)4/h5-22,31H,1-4H3. The number of benzene rings is 4. The molecule has 4 aromatic rings. The summed E-state index contributed by atoms with van der Waals surface area (Å²) < 4.78 is 0. The van der Waals surface area contributed by atoms with Crippen LogP contribution in [0.5, 0.6) is 0 Å². The van der Waals surface area contributed by atoms with Crippen molar-refractivity contribution in [1.29, 1.82) is 0 Å². The van der Waals surface area contributed by atoms with E-state index in [0.29, 0.717) is 11.8 Å². The van der Waals surface area contributed by atoms with Gasteiger partial charge >= 0.3 is 0 Å². The first-order valence-electron chi connectivity index (χ1n) is 11.2. The van der Waals surface area contributed by atoms with Gasteiger partial charge in [0.1, 0.15) is 0 Å². The molecule has 0 heterocycles. The van der Waals surface area contributed by atoms with Crippen LogP contribution in [0.2, 0.25) is 0 Å². The molecule has 156 valence electrons. The monoisotopic (exact) mass is 405 g/mol. The molecule has 0 bridgehead atoms. The molecule has 31 heavy (non-hydrogen) atoms. The Morgan fingerprint density at radius 2 is 0.645 bits per heavy atom. The Morgan fingerprint density at radius 1 is 0.387 bits per heavy atom. The molecule has 0 saturated heterocycles. The number of hydrogen-bond acceptors (Lipinski definition) is 1. The smallest absolute Gasteiger partial charge is 0.0384 e. The summed E-state index contributed by atoms with van der Waals surface area (Å²) in [6.45, 7) is 8.91. The van der Waals surface area contributed by atoms with E-state index in [1.807, 2.05) is 0 Å². The number of anilines is 2. The molecule has 0 aliphatic rings. The second kappa shape index (κ2) is 9.22. The summed E-state index contributed by atoms with van der Waals surface area (Å²) in [5, 5.41) is 3.51. The molecular formula is C30H31N. The minimum Gasteiger partial charge on any atom is -0.356 e. The molecule has 0 aliphatic carbocycles. The molecule has 0 aromatic heterocycles. The van der Waals surface area contributed by atoms with Gasteiger partial charge < -0.3 is 5.32 Å². The molecule has 0 spiro atoms. The van der Waals surface area contributed by atoms with Crippen molar-refractivity contribution in [3.8, 4) is 22.3 Å². The molecule has 0 saturated carbocycles. The van der Waals surface area contributed by atoms with Gasteiger partial charge in [-0.25, -0.2) is 0 Å². The number of rotatable bonds is 6. The fourth-order valence-corrected chi connectivity index (χ4v) is 3.78. The van der Waals surface area contributed by atoms with E-state index >= 15 is 0 Å². The maximum Gasteiger partial charge on any atom is 0.0384 e. The van der Waals surface area contributed by atoms with Gasteiger partial charge in [-0.15, -0.1) is 0 Å². The fourth-order valence-electron chi connectivity index (χ4n) is 3.78. The van der Waals surface area contributed by atoms with Crippen molar-refractivity contribution in [3.63, 3.8) is 0 Å². The SMILES string of the molecule is CC(C)c1ccc(-c2ccc(Nc3ccc(-c4ccc(C(C)C)cc4)cc3)cc2)cc1. The highest BCUT2D eigenvalue weighted by molar-refractivity contribution is 5.71. The van der Waals surface area contributed by atoms with E-state index < -0.39 is 0 Å². The zero-order valence-corrected chi connectivity index (χ0v) is 18.9. The van der Waals surface area contributed by atoms with Crippen LogP contribution in [0.3, 0.4) is 0 Å². The lowest BCUT2D eigenvalue weighted by Gasteiger charge is -2.11. The number of hydrogen-bond donors (Lipinski definition) is 1. The lowest BCUT2D eigenvalue weighted by atomic mass is 9.98. The van der Waals surface area contributed by atoms with Gasteiger partial charge in [0, 0.05) is 11.4 Å². The minimum atomic E-state index is 0.561. The Kier molecular flexibility index (Phi) is 6.23. The largest absolute Gasteiger partial charge is 0.356 e. The molecule has 0 atom stereocenters. The van der Waals surface area contributed by atoms with Crippen LogP contribution in [0.4, 0.5) is 11.4 Å². The van der Waals surface area contributed by atoms with E-state index in [4.69, 9.17) is 0 Å². The summed E-state index contributed by atoms with van der Waals surface area (Å²) >= 11 is 0. The summed E-state index contributed by atoms with van der Waals surface area (Å²) in [5.41, 5.74) is 9.92. The maximum absolute atomic E-state index is 3.51. The summed E-state index contributed by atoms with van der Waals surface area (Å²) in [7, 11) is 0. The number of nitrogens with one attached hydrogen (secondary N) is 1. The summed E-state index contributed by atoms with van der Waals surface area (Å²) in [6, 6.07) is 35.0. The van der Waals surface area contributed by atoms with Crippen molar-refractivity contribution < 1.29 is 0 Å². The predicted molar refractivity (Wildman–Crippen MR) is 135 cm³/mol. The van der Waals surface area contributed by atoms with E-state index in [9.17, 15) is 0 Å². The fraction of sp³-hybridized carbons (Fsp3) is 0.200. The van der Waals surface area contributed by atoms with Crippen LogP contribution in [-0.4, -0.2) is 0 Å².